The number of aryl methyl sites for hydroxylation is 2. The molecule has 2 nitrogen and oxygen atoms in total. The third-order valence-electron chi connectivity index (χ3n) is 2.83. The summed E-state index contributed by atoms with van der Waals surface area (Å²) in [5.41, 5.74) is 3.44. The van der Waals surface area contributed by atoms with E-state index in [0.29, 0.717) is 6.42 Å². The molecular formula is C13H12FNO. The molecule has 0 amide bonds. The zero-order chi connectivity index (χ0) is 11.7. The predicted molar refractivity (Wildman–Crippen MR) is 60.9 cm³/mol. The molecule has 0 N–H and O–H groups in total. The lowest BCUT2D eigenvalue weighted by Gasteiger charge is -2.10. The minimum Gasteiger partial charge on any atom is -0.303 e. The second kappa shape index (κ2) is 4.00. The maximum Gasteiger partial charge on any atom is 0.124 e. The molecule has 2 aromatic rings. The van der Waals surface area contributed by atoms with Crippen LogP contribution in [-0.4, -0.2) is 11.3 Å². The summed E-state index contributed by atoms with van der Waals surface area (Å²) in [5, 5.41) is 0.780. The van der Waals surface area contributed by atoms with E-state index in [1.165, 1.54) is 12.1 Å². The van der Waals surface area contributed by atoms with Gasteiger partial charge in [0.2, 0.25) is 0 Å². The number of carbonyl (C=O) groups is 1. The van der Waals surface area contributed by atoms with Crippen LogP contribution in [0.2, 0.25) is 0 Å². The van der Waals surface area contributed by atoms with E-state index in [1.54, 1.807) is 6.07 Å². The highest BCUT2D eigenvalue weighted by molar-refractivity contribution is 5.84. The zero-order valence-corrected chi connectivity index (χ0v) is 9.25. The molecule has 1 aromatic carbocycles. The van der Waals surface area contributed by atoms with Gasteiger partial charge in [-0.05, 0) is 43.2 Å². The Kier molecular flexibility index (Phi) is 2.69. The molecule has 2 rings (SSSR count). The van der Waals surface area contributed by atoms with Crippen LogP contribution in [0.5, 0.6) is 0 Å². The molecule has 0 radical (unpaired) electrons. The number of halogens is 1. The number of aldehydes is 1. The van der Waals surface area contributed by atoms with Crippen LogP contribution >= 0.6 is 0 Å². The molecule has 0 fully saturated rings. The number of pyridine rings is 1. The number of rotatable bonds is 2. The van der Waals surface area contributed by atoms with Gasteiger partial charge in [-0.3, -0.25) is 4.98 Å². The van der Waals surface area contributed by atoms with Crippen molar-refractivity contribution < 1.29 is 9.18 Å². The summed E-state index contributed by atoms with van der Waals surface area (Å²) in [7, 11) is 0. The predicted octanol–water partition coefficient (Wildman–Crippen LogP) is 2.73. The van der Waals surface area contributed by atoms with Crippen molar-refractivity contribution in [2.45, 2.75) is 20.3 Å². The molecule has 0 aliphatic carbocycles. The van der Waals surface area contributed by atoms with Crippen molar-refractivity contribution in [3.63, 3.8) is 0 Å². The Balaban J connectivity index is 2.79. The van der Waals surface area contributed by atoms with E-state index in [1.807, 2.05) is 13.8 Å². The Hall–Kier alpha value is -1.77. The fraction of sp³-hybridized carbons (Fsp3) is 0.231. The van der Waals surface area contributed by atoms with Crippen molar-refractivity contribution >= 4 is 17.2 Å². The summed E-state index contributed by atoms with van der Waals surface area (Å²) in [6.07, 6.45) is 1.18. The number of hydrogen-bond donors (Lipinski definition) is 0. The van der Waals surface area contributed by atoms with Crippen molar-refractivity contribution in [1.82, 2.24) is 4.98 Å². The number of benzene rings is 1. The normalized spacial score (nSPS) is 10.7. The van der Waals surface area contributed by atoms with Gasteiger partial charge in [-0.15, -0.1) is 0 Å². The van der Waals surface area contributed by atoms with E-state index >= 15 is 0 Å². The molecule has 0 atom stereocenters. The first-order valence-electron chi connectivity index (χ1n) is 5.12. The number of carbonyl (C=O) groups excluding carboxylic acids is 1. The average molecular weight is 217 g/mol. The average Bonchev–Trinajstić information content (AvgIpc) is 2.26. The molecule has 0 aliphatic heterocycles. The van der Waals surface area contributed by atoms with E-state index in [0.717, 1.165) is 34.0 Å². The molecule has 0 saturated carbocycles. The van der Waals surface area contributed by atoms with Crippen LogP contribution in [-0.2, 0) is 11.2 Å². The monoisotopic (exact) mass is 217 g/mol. The van der Waals surface area contributed by atoms with Gasteiger partial charge in [-0.1, -0.05) is 0 Å². The summed E-state index contributed by atoms with van der Waals surface area (Å²) in [6.45, 7) is 3.77. The fourth-order valence-corrected chi connectivity index (χ4v) is 1.97. The lowest BCUT2D eigenvalue weighted by molar-refractivity contribution is -0.107. The van der Waals surface area contributed by atoms with Crippen LogP contribution in [0.1, 0.15) is 16.8 Å². The third-order valence-corrected chi connectivity index (χ3v) is 2.83. The SMILES string of the molecule is Cc1nc2ccc(F)cc2c(C)c1CC=O. The van der Waals surface area contributed by atoms with Crippen LogP contribution in [0.4, 0.5) is 4.39 Å². The Morgan fingerprint density at radius 1 is 1.38 bits per heavy atom. The van der Waals surface area contributed by atoms with E-state index in [2.05, 4.69) is 4.98 Å². The molecule has 1 aromatic heterocycles. The Bertz CT molecular complexity index is 563. The topological polar surface area (TPSA) is 30.0 Å². The van der Waals surface area contributed by atoms with Gasteiger partial charge in [0.1, 0.15) is 12.1 Å². The van der Waals surface area contributed by atoms with Crippen LogP contribution in [0.3, 0.4) is 0 Å². The minimum atomic E-state index is -0.279. The van der Waals surface area contributed by atoms with E-state index in [-0.39, 0.29) is 5.82 Å². The quantitative estimate of drug-likeness (QED) is 0.724. The summed E-state index contributed by atoms with van der Waals surface area (Å²) in [4.78, 5) is 15.0. The van der Waals surface area contributed by atoms with Crippen molar-refractivity contribution in [2.24, 2.45) is 0 Å². The van der Waals surface area contributed by atoms with Crippen molar-refractivity contribution in [3.8, 4) is 0 Å². The molecule has 0 saturated heterocycles. The Labute approximate surface area is 93.1 Å². The first-order valence-corrected chi connectivity index (χ1v) is 5.12. The maximum atomic E-state index is 13.1. The lowest BCUT2D eigenvalue weighted by atomic mass is 10.00. The Morgan fingerprint density at radius 3 is 2.81 bits per heavy atom. The number of hydrogen-bond acceptors (Lipinski definition) is 2. The first-order chi connectivity index (χ1) is 7.63. The fourth-order valence-electron chi connectivity index (χ4n) is 1.97. The van der Waals surface area contributed by atoms with Crippen molar-refractivity contribution in [1.29, 1.82) is 0 Å². The van der Waals surface area contributed by atoms with Gasteiger partial charge in [-0.2, -0.15) is 0 Å². The van der Waals surface area contributed by atoms with Crippen molar-refractivity contribution in [2.75, 3.05) is 0 Å². The van der Waals surface area contributed by atoms with Gasteiger partial charge in [-0.25, -0.2) is 4.39 Å². The second-order valence-electron chi connectivity index (χ2n) is 3.83. The summed E-state index contributed by atoms with van der Waals surface area (Å²) < 4.78 is 13.1. The smallest absolute Gasteiger partial charge is 0.124 e. The van der Waals surface area contributed by atoms with Gasteiger partial charge >= 0.3 is 0 Å². The van der Waals surface area contributed by atoms with Gasteiger partial charge in [0, 0.05) is 17.5 Å². The Morgan fingerprint density at radius 2 is 2.12 bits per heavy atom. The molecular weight excluding hydrogens is 205 g/mol. The molecule has 82 valence electrons. The first kappa shape index (κ1) is 10.7. The highest BCUT2D eigenvalue weighted by Gasteiger charge is 2.09. The van der Waals surface area contributed by atoms with E-state index in [4.69, 9.17) is 0 Å². The minimum absolute atomic E-state index is 0.279. The lowest BCUT2D eigenvalue weighted by Crippen LogP contribution is -1.99. The van der Waals surface area contributed by atoms with E-state index in [9.17, 15) is 9.18 Å². The van der Waals surface area contributed by atoms with Gasteiger partial charge in [0.25, 0.3) is 0 Å². The number of fused-ring (bicyclic) bond motifs is 1. The maximum absolute atomic E-state index is 13.1. The standard InChI is InChI=1S/C13H12FNO/c1-8-11(5-6-16)9(2)15-13-4-3-10(14)7-12(8)13/h3-4,6-7H,5H2,1-2H3. The van der Waals surface area contributed by atoms with Gasteiger partial charge in [0.15, 0.2) is 0 Å². The third kappa shape index (κ3) is 1.69. The molecule has 0 bridgehead atoms. The zero-order valence-electron chi connectivity index (χ0n) is 9.25. The van der Waals surface area contributed by atoms with Crippen LogP contribution < -0.4 is 0 Å². The molecule has 16 heavy (non-hydrogen) atoms. The van der Waals surface area contributed by atoms with Gasteiger partial charge < -0.3 is 4.79 Å². The molecule has 0 spiro atoms. The van der Waals surface area contributed by atoms with Crippen LogP contribution in [0.15, 0.2) is 18.2 Å². The molecule has 0 unspecified atom stereocenters. The molecule has 0 aliphatic rings. The number of nitrogens with zero attached hydrogens (tertiary/aromatic N) is 1. The highest BCUT2D eigenvalue weighted by atomic mass is 19.1. The summed E-state index contributed by atoms with van der Waals surface area (Å²) in [6, 6.07) is 4.52. The largest absolute Gasteiger partial charge is 0.303 e. The second-order valence-corrected chi connectivity index (χ2v) is 3.83. The van der Waals surface area contributed by atoms with Crippen molar-refractivity contribution in [3.05, 3.63) is 40.8 Å². The van der Waals surface area contributed by atoms with E-state index < -0.39 is 0 Å². The molecule has 1 heterocycles. The van der Waals surface area contributed by atoms with Crippen LogP contribution in [0.25, 0.3) is 10.9 Å². The molecule has 3 heteroatoms. The summed E-state index contributed by atoms with van der Waals surface area (Å²) in [5.74, 6) is -0.279. The van der Waals surface area contributed by atoms with Crippen LogP contribution in [0, 0.1) is 19.7 Å². The van der Waals surface area contributed by atoms with Gasteiger partial charge in [0.05, 0.1) is 5.52 Å². The summed E-state index contributed by atoms with van der Waals surface area (Å²) >= 11 is 0. The highest BCUT2D eigenvalue weighted by Crippen LogP contribution is 2.23. The number of aromatic nitrogens is 1.